The van der Waals surface area contributed by atoms with Gasteiger partial charge in [0.1, 0.15) is 0 Å². The lowest BCUT2D eigenvalue weighted by molar-refractivity contribution is -0.128. The van der Waals surface area contributed by atoms with Crippen LogP contribution in [0.3, 0.4) is 0 Å². The number of amides is 1. The number of nitrogens with two attached hydrogens (primary N) is 1. The second-order valence-electron chi connectivity index (χ2n) is 3.82. The Bertz CT molecular complexity index is 365. The summed E-state index contributed by atoms with van der Waals surface area (Å²) < 4.78 is 0. The van der Waals surface area contributed by atoms with E-state index in [0.717, 1.165) is 12.2 Å². The normalized spacial score (nSPS) is 9.94. The summed E-state index contributed by atoms with van der Waals surface area (Å²) in [5, 5.41) is 0. The van der Waals surface area contributed by atoms with Crippen LogP contribution < -0.4 is 10.6 Å². The number of rotatable bonds is 4. The monoisotopic (exact) mass is 221 g/mol. The summed E-state index contributed by atoms with van der Waals surface area (Å²) in [6.07, 6.45) is 0. The molecule has 0 atom stereocenters. The summed E-state index contributed by atoms with van der Waals surface area (Å²) >= 11 is 0. The summed E-state index contributed by atoms with van der Waals surface area (Å²) in [4.78, 5) is 15.3. The van der Waals surface area contributed by atoms with E-state index in [4.69, 9.17) is 5.73 Å². The molecule has 0 saturated carbocycles. The second-order valence-corrected chi connectivity index (χ2v) is 3.82. The minimum Gasteiger partial charge on any atom is -0.397 e. The predicted octanol–water partition coefficient (Wildman–Crippen LogP) is 1.18. The number of carbonyl (C=O) groups excluding carboxylic acids is 1. The van der Waals surface area contributed by atoms with Gasteiger partial charge in [0.05, 0.1) is 17.9 Å². The zero-order chi connectivity index (χ0) is 12.1. The Morgan fingerprint density at radius 3 is 2.50 bits per heavy atom. The molecule has 4 nitrogen and oxygen atoms in total. The maximum Gasteiger partial charge on any atom is 0.241 e. The Morgan fingerprint density at radius 2 is 1.94 bits per heavy atom. The first-order valence-corrected chi connectivity index (χ1v) is 5.35. The van der Waals surface area contributed by atoms with Crippen LogP contribution in [0, 0.1) is 0 Å². The number of likely N-dealkylation sites (N-methyl/N-ethyl adjacent to an activating group) is 2. The standard InChI is InChI=1S/C12H19N3O/c1-4-14(2)12(16)9-15(3)11-8-6-5-7-10(11)13/h5-8H,4,9,13H2,1-3H3. The maximum absolute atomic E-state index is 11.7. The number of nitrogen functional groups attached to an aromatic ring is 1. The van der Waals surface area contributed by atoms with Gasteiger partial charge in [-0.05, 0) is 19.1 Å². The minimum atomic E-state index is 0.0910. The second kappa shape index (κ2) is 5.39. The van der Waals surface area contributed by atoms with E-state index in [0.29, 0.717) is 12.2 Å². The van der Waals surface area contributed by atoms with Gasteiger partial charge in [-0.15, -0.1) is 0 Å². The van der Waals surface area contributed by atoms with Gasteiger partial charge in [-0.3, -0.25) is 4.79 Å². The lowest BCUT2D eigenvalue weighted by Crippen LogP contribution is -2.36. The fourth-order valence-corrected chi connectivity index (χ4v) is 1.42. The molecule has 0 radical (unpaired) electrons. The van der Waals surface area contributed by atoms with Crippen molar-refractivity contribution in [2.75, 3.05) is 37.8 Å². The fraction of sp³-hybridized carbons (Fsp3) is 0.417. The Kier molecular flexibility index (Phi) is 4.17. The quantitative estimate of drug-likeness (QED) is 0.777. The first-order valence-electron chi connectivity index (χ1n) is 5.35. The van der Waals surface area contributed by atoms with Gasteiger partial charge >= 0.3 is 0 Å². The molecule has 1 aromatic carbocycles. The van der Waals surface area contributed by atoms with E-state index in [1.54, 1.807) is 11.9 Å². The molecule has 0 bridgehead atoms. The molecule has 1 rings (SSSR count). The number of hydrogen-bond donors (Lipinski definition) is 1. The molecule has 0 aliphatic carbocycles. The van der Waals surface area contributed by atoms with Crippen molar-refractivity contribution < 1.29 is 4.79 Å². The summed E-state index contributed by atoms with van der Waals surface area (Å²) in [6, 6.07) is 7.54. The Balaban J connectivity index is 2.69. The first kappa shape index (κ1) is 12.4. The van der Waals surface area contributed by atoms with Crippen molar-refractivity contribution in [3.8, 4) is 0 Å². The Morgan fingerprint density at radius 1 is 1.31 bits per heavy atom. The van der Waals surface area contributed by atoms with Crippen LogP contribution in [0.1, 0.15) is 6.92 Å². The van der Waals surface area contributed by atoms with Gasteiger partial charge in [0.15, 0.2) is 0 Å². The fourth-order valence-electron chi connectivity index (χ4n) is 1.42. The van der Waals surface area contributed by atoms with E-state index in [-0.39, 0.29) is 5.91 Å². The summed E-state index contributed by atoms with van der Waals surface area (Å²) in [5.41, 5.74) is 7.42. The van der Waals surface area contributed by atoms with E-state index in [1.165, 1.54) is 0 Å². The average molecular weight is 221 g/mol. The highest BCUT2D eigenvalue weighted by Gasteiger charge is 2.11. The molecule has 0 saturated heterocycles. The van der Waals surface area contributed by atoms with E-state index in [1.807, 2.05) is 43.1 Å². The molecule has 1 aromatic rings. The van der Waals surface area contributed by atoms with Crippen molar-refractivity contribution in [2.24, 2.45) is 0 Å². The van der Waals surface area contributed by atoms with Crippen molar-refractivity contribution >= 4 is 17.3 Å². The van der Waals surface area contributed by atoms with Crippen LogP contribution in [0.25, 0.3) is 0 Å². The van der Waals surface area contributed by atoms with Crippen molar-refractivity contribution in [2.45, 2.75) is 6.92 Å². The molecule has 0 fully saturated rings. The van der Waals surface area contributed by atoms with Gasteiger partial charge < -0.3 is 15.5 Å². The van der Waals surface area contributed by atoms with Crippen molar-refractivity contribution in [3.63, 3.8) is 0 Å². The minimum absolute atomic E-state index is 0.0910. The average Bonchev–Trinajstić information content (AvgIpc) is 2.28. The van der Waals surface area contributed by atoms with Crippen LogP contribution in [0.5, 0.6) is 0 Å². The molecule has 0 aromatic heterocycles. The topological polar surface area (TPSA) is 49.6 Å². The largest absolute Gasteiger partial charge is 0.397 e. The van der Waals surface area contributed by atoms with Gasteiger partial charge in [0.2, 0.25) is 5.91 Å². The molecule has 16 heavy (non-hydrogen) atoms. The molecule has 2 N–H and O–H groups in total. The molecule has 1 amide bonds. The van der Waals surface area contributed by atoms with E-state index >= 15 is 0 Å². The van der Waals surface area contributed by atoms with Crippen LogP contribution >= 0.6 is 0 Å². The van der Waals surface area contributed by atoms with Gasteiger partial charge in [0.25, 0.3) is 0 Å². The third-order valence-electron chi connectivity index (χ3n) is 2.62. The highest BCUT2D eigenvalue weighted by molar-refractivity contribution is 5.82. The van der Waals surface area contributed by atoms with Crippen molar-refractivity contribution in [1.29, 1.82) is 0 Å². The summed E-state index contributed by atoms with van der Waals surface area (Å²) in [7, 11) is 3.66. The highest BCUT2D eigenvalue weighted by atomic mass is 16.2. The number of carbonyl (C=O) groups is 1. The summed E-state index contributed by atoms with van der Waals surface area (Å²) in [5.74, 6) is 0.0910. The maximum atomic E-state index is 11.7. The van der Waals surface area contributed by atoms with E-state index in [9.17, 15) is 4.79 Å². The van der Waals surface area contributed by atoms with Crippen LogP contribution in [-0.4, -0.2) is 38.0 Å². The Labute approximate surface area is 96.6 Å². The predicted molar refractivity (Wildman–Crippen MR) is 67.4 cm³/mol. The van der Waals surface area contributed by atoms with Crippen molar-refractivity contribution in [3.05, 3.63) is 24.3 Å². The lowest BCUT2D eigenvalue weighted by atomic mass is 10.2. The van der Waals surface area contributed by atoms with Gasteiger partial charge in [-0.2, -0.15) is 0 Å². The molecule has 0 unspecified atom stereocenters. The number of para-hydroxylation sites is 2. The first-order chi connectivity index (χ1) is 7.56. The van der Waals surface area contributed by atoms with Crippen LogP contribution in [0.2, 0.25) is 0 Å². The van der Waals surface area contributed by atoms with Gasteiger partial charge in [0, 0.05) is 20.6 Å². The summed E-state index contributed by atoms with van der Waals surface area (Å²) in [6.45, 7) is 3.02. The molecule has 4 heteroatoms. The van der Waals surface area contributed by atoms with Crippen LogP contribution in [0.4, 0.5) is 11.4 Å². The van der Waals surface area contributed by atoms with Gasteiger partial charge in [-0.1, -0.05) is 12.1 Å². The number of hydrogen-bond acceptors (Lipinski definition) is 3. The number of benzene rings is 1. The SMILES string of the molecule is CCN(C)C(=O)CN(C)c1ccccc1N. The molecule has 0 aliphatic rings. The molecular weight excluding hydrogens is 202 g/mol. The number of anilines is 2. The smallest absolute Gasteiger partial charge is 0.241 e. The zero-order valence-electron chi connectivity index (χ0n) is 10.1. The molecule has 0 spiro atoms. The highest BCUT2D eigenvalue weighted by Crippen LogP contribution is 2.20. The van der Waals surface area contributed by atoms with Crippen LogP contribution in [-0.2, 0) is 4.79 Å². The number of nitrogens with zero attached hydrogens (tertiary/aromatic N) is 2. The third kappa shape index (κ3) is 2.89. The Hall–Kier alpha value is -1.71. The van der Waals surface area contributed by atoms with E-state index < -0.39 is 0 Å². The molecule has 0 heterocycles. The molecule has 88 valence electrons. The van der Waals surface area contributed by atoms with Crippen LogP contribution in [0.15, 0.2) is 24.3 Å². The molecule has 0 aliphatic heterocycles. The van der Waals surface area contributed by atoms with Gasteiger partial charge in [-0.25, -0.2) is 0 Å². The third-order valence-corrected chi connectivity index (χ3v) is 2.62. The van der Waals surface area contributed by atoms with Crippen molar-refractivity contribution in [1.82, 2.24) is 4.90 Å². The van der Waals surface area contributed by atoms with E-state index in [2.05, 4.69) is 0 Å². The zero-order valence-corrected chi connectivity index (χ0v) is 10.1. The lowest BCUT2D eigenvalue weighted by Gasteiger charge is -2.23. The molecular formula is C12H19N3O.